The zero-order chi connectivity index (χ0) is 16.1. The molecule has 120 valence electrons. The molecular formula is C15H19Cl2N3O2. The fourth-order valence-corrected chi connectivity index (χ4v) is 2.87. The van der Waals surface area contributed by atoms with Crippen LogP contribution in [0.25, 0.3) is 0 Å². The minimum Gasteiger partial charge on any atom is -0.339 e. The standard InChI is InChI=1S/C15H19Cl2N3O2/c1-18-5-4-14(21)19-6-8-20(9-7-19)15(22)12-3-2-11(16)10-13(12)17/h2-3,10,18H,4-9H2,1H3. The van der Waals surface area contributed by atoms with Crippen LogP contribution in [0.1, 0.15) is 16.8 Å². The second kappa shape index (κ2) is 7.81. The van der Waals surface area contributed by atoms with Crippen molar-refractivity contribution in [3.63, 3.8) is 0 Å². The van der Waals surface area contributed by atoms with E-state index >= 15 is 0 Å². The molecule has 1 aromatic carbocycles. The fourth-order valence-electron chi connectivity index (χ4n) is 2.38. The van der Waals surface area contributed by atoms with E-state index in [1.165, 1.54) is 0 Å². The van der Waals surface area contributed by atoms with Gasteiger partial charge in [0.15, 0.2) is 0 Å². The maximum absolute atomic E-state index is 12.5. The summed E-state index contributed by atoms with van der Waals surface area (Å²) in [5.74, 6) is -0.00466. The second-order valence-electron chi connectivity index (χ2n) is 5.15. The van der Waals surface area contributed by atoms with Gasteiger partial charge in [-0.3, -0.25) is 9.59 Å². The lowest BCUT2D eigenvalue weighted by molar-refractivity contribution is -0.132. The van der Waals surface area contributed by atoms with Crippen molar-refractivity contribution in [2.75, 3.05) is 39.8 Å². The molecule has 1 saturated heterocycles. The third-order valence-electron chi connectivity index (χ3n) is 3.67. The number of carbonyl (C=O) groups excluding carboxylic acids is 2. The van der Waals surface area contributed by atoms with Gasteiger partial charge in [-0.05, 0) is 25.2 Å². The molecule has 0 spiro atoms. The third-order valence-corrected chi connectivity index (χ3v) is 4.22. The quantitative estimate of drug-likeness (QED) is 0.908. The lowest BCUT2D eigenvalue weighted by atomic mass is 10.1. The summed E-state index contributed by atoms with van der Waals surface area (Å²) < 4.78 is 0. The van der Waals surface area contributed by atoms with E-state index in [2.05, 4.69) is 5.32 Å². The van der Waals surface area contributed by atoms with Gasteiger partial charge in [0, 0.05) is 44.2 Å². The van der Waals surface area contributed by atoms with Crippen molar-refractivity contribution in [1.82, 2.24) is 15.1 Å². The average Bonchev–Trinajstić information content (AvgIpc) is 2.52. The van der Waals surface area contributed by atoms with Gasteiger partial charge in [0.25, 0.3) is 5.91 Å². The van der Waals surface area contributed by atoms with Gasteiger partial charge in [-0.25, -0.2) is 0 Å². The summed E-state index contributed by atoms with van der Waals surface area (Å²) in [6.07, 6.45) is 0.480. The molecule has 2 rings (SSSR count). The molecule has 0 bridgehead atoms. The molecule has 0 aliphatic carbocycles. The van der Waals surface area contributed by atoms with Gasteiger partial charge in [0.2, 0.25) is 5.91 Å². The third kappa shape index (κ3) is 4.12. The predicted octanol–water partition coefficient (Wildman–Crippen LogP) is 1.89. The number of carbonyl (C=O) groups is 2. The number of amides is 2. The smallest absolute Gasteiger partial charge is 0.255 e. The Morgan fingerprint density at radius 1 is 1.14 bits per heavy atom. The number of rotatable bonds is 4. The highest BCUT2D eigenvalue weighted by Gasteiger charge is 2.25. The number of nitrogens with one attached hydrogen (secondary N) is 1. The van der Waals surface area contributed by atoms with E-state index in [1.807, 2.05) is 7.05 Å². The number of hydrogen-bond donors (Lipinski definition) is 1. The van der Waals surface area contributed by atoms with Gasteiger partial charge < -0.3 is 15.1 Å². The molecule has 2 amide bonds. The van der Waals surface area contributed by atoms with Crippen LogP contribution in [0.15, 0.2) is 18.2 Å². The number of nitrogens with zero attached hydrogens (tertiary/aromatic N) is 2. The molecule has 1 fully saturated rings. The summed E-state index contributed by atoms with van der Waals surface area (Å²) in [6, 6.07) is 4.85. The average molecular weight is 344 g/mol. The van der Waals surface area contributed by atoms with Crippen LogP contribution in [0.2, 0.25) is 10.0 Å². The summed E-state index contributed by atoms with van der Waals surface area (Å²) in [5.41, 5.74) is 0.445. The summed E-state index contributed by atoms with van der Waals surface area (Å²) in [6.45, 7) is 2.81. The Morgan fingerprint density at radius 2 is 1.77 bits per heavy atom. The van der Waals surface area contributed by atoms with Crippen LogP contribution in [-0.4, -0.2) is 61.4 Å². The summed E-state index contributed by atoms with van der Waals surface area (Å²) >= 11 is 11.9. The highest BCUT2D eigenvalue weighted by atomic mass is 35.5. The number of hydrogen-bond acceptors (Lipinski definition) is 3. The van der Waals surface area contributed by atoms with Crippen LogP contribution in [0.4, 0.5) is 0 Å². The van der Waals surface area contributed by atoms with Crippen LogP contribution in [0.3, 0.4) is 0 Å². The van der Waals surface area contributed by atoms with Crippen molar-refractivity contribution in [2.45, 2.75) is 6.42 Å². The van der Waals surface area contributed by atoms with Crippen molar-refractivity contribution >= 4 is 35.0 Å². The van der Waals surface area contributed by atoms with Gasteiger partial charge in [-0.2, -0.15) is 0 Å². The Kier molecular flexibility index (Phi) is 6.06. The zero-order valence-electron chi connectivity index (χ0n) is 12.4. The zero-order valence-corrected chi connectivity index (χ0v) is 14.0. The van der Waals surface area contributed by atoms with E-state index < -0.39 is 0 Å². The minimum absolute atomic E-state index is 0.117. The van der Waals surface area contributed by atoms with E-state index in [4.69, 9.17) is 23.2 Å². The molecule has 0 aromatic heterocycles. The maximum Gasteiger partial charge on any atom is 0.255 e. The fraction of sp³-hybridized carbons (Fsp3) is 0.467. The Balaban J connectivity index is 1.93. The Bertz CT molecular complexity index is 558. The van der Waals surface area contributed by atoms with Gasteiger partial charge in [0.05, 0.1) is 10.6 Å². The first-order valence-corrected chi connectivity index (χ1v) is 7.95. The van der Waals surface area contributed by atoms with Gasteiger partial charge in [-0.15, -0.1) is 0 Å². The maximum atomic E-state index is 12.5. The van der Waals surface area contributed by atoms with Crippen molar-refractivity contribution in [1.29, 1.82) is 0 Å². The van der Waals surface area contributed by atoms with E-state index in [0.717, 1.165) is 0 Å². The molecule has 0 atom stereocenters. The van der Waals surface area contributed by atoms with E-state index in [0.29, 0.717) is 54.8 Å². The van der Waals surface area contributed by atoms with Gasteiger partial charge >= 0.3 is 0 Å². The van der Waals surface area contributed by atoms with Crippen molar-refractivity contribution in [3.8, 4) is 0 Å². The minimum atomic E-state index is -0.121. The number of halogens is 2. The largest absolute Gasteiger partial charge is 0.339 e. The molecule has 7 heteroatoms. The Morgan fingerprint density at radius 3 is 2.36 bits per heavy atom. The molecule has 1 aliphatic rings. The van der Waals surface area contributed by atoms with Crippen LogP contribution in [0, 0.1) is 0 Å². The molecule has 1 aromatic rings. The van der Waals surface area contributed by atoms with E-state index in [9.17, 15) is 9.59 Å². The first kappa shape index (κ1) is 17.1. The summed E-state index contributed by atoms with van der Waals surface area (Å²) in [4.78, 5) is 27.9. The monoisotopic (exact) mass is 343 g/mol. The first-order chi connectivity index (χ1) is 10.5. The first-order valence-electron chi connectivity index (χ1n) is 7.19. The summed E-state index contributed by atoms with van der Waals surface area (Å²) in [5, 5.41) is 3.81. The summed E-state index contributed by atoms with van der Waals surface area (Å²) in [7, 11) is 1.82. The molecule has 1 N–H and O–H groups in total. The molecule has 22 heavy (non-hydrogen) atoms. The van der Waals surface area contributed by atoms with Gasteiger partial charge in [0.1, 0.15) is 0 Å². The molecule has 0 radical (unpaired) electrons. The van der Waals surface area contributed by atoms with Crippen LogP contribution < -0.4 is 5.32 Å². The topological polar surface area (TPSA) is 52.7 Å². The highest BCUT2D eigenvalue weighted by Crippen LogP contribution is 2.22. The van der Waals surface area contributed by atoms with Crippen molar-refractivity contribution in [3.05, 3.63) is 33.8 Å². The van der Waals surface area contributed by atoms with Crippen molar-refractivity contribution < 1.29 is 9.59 Å². The van der Waals surface area contributed by atoms with E-state index in [-0.39, 0.29) is 11.8 Å². The van der Waals surface area contributed by atoms with Crippen LogP contribution in [0.5, 0.6) is 0 Å². The van der Waals surface area contributed by atoms with E-state index in [1.54, 1.807) is 28.0 Å². The molecule has 0 unspecified atom stereocenters. The predicted molar refractivity (Wildman–Crippen MR) is 87.5 cm³/mol. The van der Waals surface area contributed by atoms with Crippen molar-refractivity contribution in [2.24, 2.45) is 0 Å². The van der Waals surface area contributed by atoms with Crippen LogP contribution >= 0.6 is 23.2 Å². The molecule has 0 saturated carbocycles. The number of piperazine rings is 1. The molecule has 1 aliphatic heterocycles. The Labute approximate surface area is 140 Å². The Hall–Kier alpha value is -1.30. The lowest BCUT2D eigenvalue weighted by Gasteiger charge is -2.35. The molecule has 5 nitrogen and oxygen atoms in total. The number of benzene rings is 1. The second-order valence-corrected chi connectivity index (χ2v) is 5.99. The molecular weight excluding hydrogens is 325 g/mol. The normalized spacial score (nSPS) is 15.0. The van der Waals surface area contributed by atoms with Gasteiger partial charge in [-0.1, -0.05) is 23.2 Å². The SMILES string of the molecule is CNCCC(=O)N1CCN(C(=O)c2ccc(Cl)cc2Cl)CC1. The van der Waals surface area contributed by atoms with Crippen LogP contribution in [-0.2, 0) is 4.79 Å². The highest BCUT2D eigenvalue weighted by molar-refractivity contribution is 6.36. The lowest BCUT2D eigenvalue weighted by Crippen LogP contribution is -2.50. The molecule has 1 heterocycles.